The molecular formula is C61H86. The molecule has 0 aliphatic heterocycles. The molecule has 0 saturated heterocycles. The molecular weight excluding hydrogens is 733 g/mol. The molecule has 0 aromatic heterocycles. The molecule has 0 fully saturated rings. The molecule has 4 aromatic carbocycles. The Kier molecular flexibility index (Phi) is 20.8. The van der Waals surface area contributed by atoms with Gasteiger partial charge >= 0.3 is 0 Å². The van der Waals surface area contributed by atoms with E-state index in [0.717, 1.165) is 5.56 Å². The second-order valence-corrected chi connectivity index (χ2v) is 19.3. The molecule has 4 aromatic rings. The number of hydrogen-bond acceptors (Lipinski definition) is 0. The zero-order valence-corrected chi connectivity index (χ0v) is 40.0. The SMILES string of the molecule is C#Cc1ccc2c(c1)C(CCCCCCCC)(CCCCCCCC)c1ccccc1-2.CCCCCCCCC1(CCCCCCCC)c2ccccc2-c2ccc(C)cc21. The lowest BCUT2D eigenvalue weighted by Crippen LogP contribution is -2.25. The molecule has 0 unspecified atom stereocenters. The lowest BCUT2D eigenvalue weighted by molar-refractivity contribution is 0.397. The largest absolute Gasteiger partial charge is 0.115 e. The van der Waals surface area contributed by atoms with Gasteiger partial charge in [-0.2, -0.15) is 0 Å². The monoisotopic (exact) mass is 819 g/mol. The molecule has 0 bridgehead atoms. The van der Waals surface area contributed by atoms with Gasteiger partial charge in [-0.25, -0.2) is 0 Å². The van der Waals surface area contributed by atoms with Crippen molar-refractivity contribution in [2.45, 2.75) is 225 Å². The van der Waals surface area contributed by atoms with E-state index in [1.165, 1.54) is 213 Å². The van der Waals surface area contributed by atoms with E-state index in [2.05, 4.69) is 125 Å². The van der Waals surface area contributed by atoms with E-state index in [0.29, 0.717) is 0 Å². The maximum atomic E-state index is 5.82. The van der Waals surface area contributed by atoms with E-state index >= 15 is 0 Å². The van der Waals surface area contributed by atoms with Crippen molar-refractivity contribution in [2.24, 2.45) is 0 Å². The van der Waals surface area contributed by atoms with Crippen LogP contribution in [0.1, 0.15) is 241 Å². The van der Waals surface area contributed by atoms with Crippen molar-refractivity contribution < 1.29 is 0 Å². The van der Waals surface area contributed by atoms with Crippen LogP contribution in [0.4, 0.5) is 0 Å². The number of rotatable bonds is 28. The summed E-state index contributed by atoms with van der Waals surface area (Å²) >= 11 is 0. The minimum absolute atomic E-state index is 0.147. The summed E-state index contributed by atoms with van der Waals surface area (Å²) in [7, 11) is 0. The summed E-state index contributed by atoms with van der Waals surface area (Å²) in [6, 6.07) is 32.5. The summed E-state index contributed by atoms with van der Waals surface area (Å²) in [5.74, 6) is 2.90. The van der Waals surface area contributed by atoms with Gasteiger partial charge in [-0.15, -0.1) is 6.42 Å². The normalized spacial score (nSPS) is 13.8. The number of aryl methyl sites for hydroxylation is 1. The van der Waals surface area contributed by atoms with Crippen molar-refractivity contribution in [1.29, 1.82) is 0 Å². The molecule has 0 atom stereocenters. The highest BCUT2D eigenvalue weighted by atomic mass is 14.5. The molecule has 2 aliphatic rings. The van der Waals surface area contributed by atoms with Crippen molar-refractivity contribution in [3.05, 3.63) is 118 Å². The van der Waals surface area contributed by atoms with E-state index in [1.54, 1.807) is 16.7 Å². The first-order chi connectivity index (χ1) is 30.0. The molecule has 61 heavy (non-hydrogen) atoms. The highest BCUT2D eigenvalue weighted by Crippen LogP contribution is 2.55. The molecule has 6 rings (SSSR count). The second kappa shape index (κ2) is 26.2. The van der Waals surface area contributed by atoms with Crippen LogP contribution >= 0.6 is 0 Å². The molecule has 0 radical (unpaired) electrons. The molecule has 0 heterocycles. The van der Waals surface area contributed by atoms with Crippen LogP contribution in [0.25, 0.3) is 22.3 Å². The summed E-state index contributed by atoms with van der Waals surface area (Å²) in [6.07, 6.45) is 43.8. The Balaban J connectivity index is 0.000000231. The summed E-state index contributed by atoms with van der Waals surface area (Å²) < 4.78 is 0. The van der Waals surface area contributed by atoms with Crippen LogP contribution in [-0.2, 0) is 10.8 Å². The minimum Gasteiger partial charge on any atom is -0.115 e. The van der Waals surface area contributed by atoms with Crippen molar-refractivity contribution in [3.63, 3.8) is 0 Å². The maximum absolute atomic E-state index is 5.82. The van der Waals surface area contributed by atoms with Crippen LogP contribution in [0.2, 0.25) is 0 Å². The van der Waals surface area contributed by atoms with Gasteiger partial charge in [-0.1, -0.05) is 266 Å². The Hall–Kier alpha value is -3.56. The second-order valence-electron chi connectivity index (χ2n) is 19.3. The van der Waals surface area contributed by atoms with Gasteiger partial charge in [0.15, 0.2) is 0 Å². The third kappa shape index (κ3) is 12.8. The van der Waals surface area contributed by atoms with E-state index < -0.39 is 0 Å². The fourth-order valence-corrected chi connectivity index (χ4v) is 11.3. The van der Waals surface area contributed by atoms with Gasteiger partial charge < -0.3 is 0 Å². The fraction of sp³-hybridized carbons (Fsp3) is 0.574. The molecule has 0 N–H and O–H groups in total. The lowest BCUT2D eigenvalue weighted by atomic mass is 9.70. The maximum Gasteiger partial charge on any atom is 0.0246 e. The highest BCUT2D eigenvalue weighted by molar-refractivity contribution is 5.82. The Morgan fingerprint density at radius 2 is 0.689 bits per heavy atom. The molecule has 330 valence electrons. The van der Waals surface area contributed by atoms with E-state index in [-0.39, 0.29) is 10.8 Å². The van der Waals surface area contributed by atoms with Crippen molar-refractivity contribution >= 4 is 0 Å². The third-order valence-corrected chi connectivity index (χ3v) is 14.7. The van der Waals surface area contributed by atoms with Gasteiger partial charge in [-0.3, -0.25) is 0 Å². The van der Waals surface area contributed by atoms with Crippen LogP contribution in [-0.4, -0.2) is 0 Å². The van der Waals surface area contributed by atoms with Crippen LogP contribution in [0.15, 0.2) is 84.9 Å². The van der Waals surface area contributed by atoms with E-state index in [9.17, 15) is 0 Å². The third-order valence-electron chi connectivity index (χ3n) is 14.7. The average molecular weight is 819 g/mol. The smallest absolute Gasteiger partial charge is 0.0246 e. The number of benzene rings is 4. The summed E-state index contributed by atoms with van der Waals surface area (Å²) in [4.78, 5) is 0. The fourth-order valence-electron chi connectivity index (χ4n) is 11.3. The zero-order valence-electron chi connectivity index (χ0n) is 40.0. The van der Waals surface area contributed by atoms with Crippen LogP contribution in [0.3, 0.4) is 0 Å². The Labute approximate surface area is 376 Å². The Bertz CT molecular complexity index is 1870. The first-order valence-corrected chi connectivity index (χ1v) is 25.9. The summed E-state index contributed by atoms with van der Waals surface area (Å²) in [6.45, 7) is 11.5. The molecule has 0 spiro atoms. The van der Waals surface area contributed by atoms with Crippen molar-refractivity contribution in [3.8, 4) is 34.6 Å². The molecule has 0 saturated carbocycles. The molecule has 2 aliphatic carbocycles. The average Bonchev–Trinajstić information content (AvgIpc) is 3.71. The first-order valence-electron chi connectivity index (χ1n) is 25.9. The minimum atomic E-state index is 0.147. The van der Waals surface area contributed by atoms with E-state index in [4.69, 9.17) is 6.42 Å². The Morgan fingerprint density at radius 3 is 1.08 bits per heavy atom. The first kappa shape index (κ1) is 48.5. The summed E-state index contributed by atoms with van der Waals surface area (Å²) in [5.41, 5.74) is 15.0. The topological polar surface area (TPSA) is 0 Å². The van der Waals surface area contributed by atoms with Crippen LogP contribution < -0.4 is 0 Å². The summed E-state index contributed by atoms with van der Waals surface area (Å²) in [5, 5.41) is 0. The van der Waals surface area contributed by atoms with Crippen molar-refractivity contribution in [1.82, 2.24) is 0 Å². The van der Waals surface area contributed by atoms with Crippen LogP contribution in [0, 0.1) is 19.3 Å². The van der Waals surface area contributed by atoms with Gasteiger partial charge in [-0.05, 0) is 89.2 Å². The van der Waals surface area contributed by atoms with Gasteiger partial charge in [0.1, 0.15) is 0 Å². The highest BCUT2D eigenvalue weighted by Gasteiger charge is 2.43. The van der Waals surface area contributed by atoms with Gasteiger partial charge in [0.25, 0.3) is 0 Å². The Morgan fingerprint density at radius 1 is 0.361 bits per heavy atom. The molecule has 0 nitrogen and oxygen atoms in total. The lowest BCUT2D eigenvalue weighted by Gasteiger charge is -2.33. The number of fused-ring (bicyclic) bond motifs is 6. The predicted octanol–water partition coefficient (Wildman–Crippen LogP) is 19.2. The number of unbranched alkanes of at least 4 members (excludes halogenated alkanes) is 20. The van der Waals surface area contributed by atoms with Gasteiger partial charge in [0, 0.05) is 16.4 Å². The van der Waals surface area contributed by atoms with Crippen LogP contribution in [0.5, 0.6) is 0 Å². The zero-order chi connectivity index (χ0) is 43.2. The van der Waals surface area contributed by atoms with Gasteiger partial charge in [0.2, 0.25) is 0 Å². The predicted molar refractivity (Wildman–Crippen MR) is 270 cm³/mol. The van der Waals surface area contributed by atoms with E-state index in [1.807, 2.05) is 0 Å². The van der Waals surface area contributed by atoms with Crippen molar-refractivity contribution in [2.75, 3.05) is 0 Å². The van der Waals surface area contributed by atoms with Gasteiger partial charge in [0.05, 0.1) is 0 Å². The number of terminal acetylenes is 1. The quantitative estimate of drug-likeness (QED) is 0.0396. The number of hydrogen-bond donors (Lipinski definition) is 0. The molecule has 0 heteroatoms. The molecule has 0 amide bonds. The standard InChI is InChI=1S/C31H42.C30H44/c1-4-7-9-11-13-17-23-31(24-18-14-12-10-8-5-2)29-20-16-15-19-27(29)28-22-21-26(6-3)25-30(28)31;1-4-6-8-10-12-16-22-30(23-17-13-11-9-7-5-2)28-19-15-14-18-26(28)27-21-20-25(3)24-29(27)30/h3,15-16,19-22,25H,4-5,7-14,17-18,23-24H2,1-2H3;14-15,18-21,24H,4-13,16-17,22-23H2,1-3H3.